The van der Waals surface area contributed by atoms with Crippen molar-refractivity contribution in [1.29, 1.82) is 0 Å². The first-order chi connectivity index (χ1) is 7.69. The van der Waals surface area contributed by atoms with Crippen molar-refractivity contribution in [3.05, 3.63) is 0 Å². The van der Waals surface area contributed by atoms with Gasteiger partial charge in [0.05, 0.1) is 25.7 Å². The quantitative estimate of drug-likeness (QED) is 0.689. The second kappa shape index (κ2) is 6.48. The van der Waals surface area contributed by atoms with Crippen LogP contribution in [-0.2, 0) is 14.3 Å². The van der Waals surface area contributed by atoms with E-state index in [4.69, 9.17) is 9.84 Å². The molecule has 1 aliphatic heterocycles. The maximum absolute atomic E-state index is 11.7. The van der Waals surface area contributed by atoms with Gasteiger partial charge in [0, 0.05) is 13.0 Å². The molecule has 0 aromatic carbocycles. The summed E-state index contributed by atoms with van der Waals surface area (Å²) in [6.45, 7) is 2.77. The Balaban J connectivity index is 2.31. The molecule has 0 spiro atoms. The minimum Gasteiger partial charge on any atom is -0.466 e. The van der Waals surface area contributed by atoms with Gasteiger partial charge in [-0.25, -0.2) is 0 Å². The molecule has 1 atom stereocenters. The second-order valence-corrected chi connectivity index (χ2v) is 3.87. The predicted octanol–water partition coefficient (Wildman–Crippen LogP) is 0.313. The van der Waals surface area contributed by atoms with E-state index >= 15 is 0 Å². The van der Waals surface area contributed by atoms with Crippen LogP contribution < -0.4 is 0 Å². The molecule has 0 aromatic rings. The van der Waals surface area contributed by atoms with Crippen molar-refractivity contribution in [2.24, 2.45) is 0 Å². The molecule has 1 heterocycles. The molecule has 5 heteroatoms. The number of likely N-dealkylation sites (tertiary alicyclic amines) is 1. The average Bonchev–Trinajstić information content (AvgIpc) is 2.74. The third kappa shape index (κ3) is 3.48. The standard InChI is InChI=1S/C11H19NO4/c1-2-16-11(15)6-5-10(14)12-7-3-4-9(12)8-13/h9,13H,2-8H2,1H3/t9-/m0/s1. The normalized spacial score (nSPS) is 19.9. The van der Waals surface area contributed by atoms with Crippen LogP contribution in [0.15, 0.2) is 0 Å². The topological polar surface area (TPSA) is 66.8 Å². The summed E-state index contributed by atoms with van der Waals surface area (Å²) in [7, 11) is 0. The molecule has 0 saturated carbocycles. The van der Waals surface area contributed by atoms with Gasteiger partial charge in [-0.15, -0.1) is 0 Å². The summed E-state index contributed by atoms with van der Waals surface area (Å²) < 4.78 is 4.75. The van der Waals surface area contributed by atoms with Crippen LogP contribution in [0.1, 0.15) is 32.6 Å². The van der Waals surface area contributed by atoms with Crippen LogP contribution in [0.5, 0.6) is 0 Å². The van der Waals surface area contributed by atoms with Crippen molar-refractivity contribution in [3.63, 3.8) is 0 Å². The first-order valence-corrected chi connectivity index (χ1v) is 5.75. The lowest BCUT2D eigenvalue weighted by molar-refractivity contribution is -0.146. The number of carbonyl (C=O) groups excluding carboxylic acids is 2. The fourth-order valence-electron chi connectivity index (χ4n) is 1.94. The lowest BCUT2D eigenvalue weighted by Gasteiger charge is -2.22. The summed E-state index contributed by atoms with van der Waals surface area (Å²) in [5.74, 6) is -0.403. The molecular weight excluding hydrogens is 210 g/mol. The summed E-state index contributed by atoms with van der Waals surface area (Å²) in [6, 6.07) is -0.0605. The Morgan fingerprint density at radius 3 is 2.81 bits per heavy atom. The maximum atomic E-state index is 11.7. The fourth-order valence-corrected chi connectivity index (χ4v) is 1.94. The summed E-state index contributed by atoms with van der Waals surface area (Å²) in [4.78, 5) is 24.5. The van der Waals surface area contributed by atoms with Crippen LogP contribution >= 0.6 is 0 Å². The van der Waals surface area contributed by atoms with Gasteiger partial charge in [0.25, 0.3) is 0 Å². The minimum absolute atomic E-state index is 0.00511. The molecule has 0 unspecified atom stereocenters. The Morgan fingerprint density at radius 1 is 1.44 bits per heavy atom. The molecule has 1 fully saturated rings. The van der Waals surface area contributed by atoms with Crippen molar-refractivity contribution >= 4 is 11.9 Å². The molecule has 0 radical (unpaired) electrons. The minimum atomic E-state index is -0.337. The highest BCUT2D eigenvalue weighted by molar-refractivity contribution is 5.81. The Kier molecular flexibility index (Phi) is 5.25. The van der Waals surface area contributed by atoms with Gasteiger partial charge in [-0.1, -0.05) is 0 Å². The zero-order valence-corrected chi connectivity index (χ0v) is 9.65. The SMILES string of the molecule is CCOC(=O)CCC(=O)N1CCC[C@H]1CO. The lowest BCUT2D eigenvalue weighted by atomic mass is 10.2. The van der Waals surface area contributed by atoms with Crippen LogP contribution in [-0.4, -0.2) is 47.7 Å². The molecule has 5 nitrogen and oxygen atoms in total. The molecule has 16 heavy (non-hydrogen) atoms. The Bertz CT molecular complexity index is 254. The monoisotopic (exact) mass is 229 g/mol. The molecule has 1 amide bonds. The number of nitrogens with zero attached hydrogens (tertiary/aromatic N) is 1. The number of amides is 1. The predicted molar refractivity (Wildman–Crippen MR) is 57.7 cm³/mol. The van der Waals surface area contributed by atoms with E-state index in [1.54, 1.807) is 11.8 Å². The van der Waals surface area contributed by atoms with Crippen LogP contribution in [0, 0.1) is 0 Å². The highest BCUT2D eigenvalue weighted by Crippen LogP contribution is 2.18. The molecule has 1 N–H and O–H groups in total. The highest BCUT2D eigenvalue weighted by atomic mass is 16.5. The van der Waals surface area contributed by atoms with E-state index in [0.717, 1.165) is 12.8 Å². The average molecular weight is 229 g/mol. The number of esters is 1. The van der Waals surface area contributed by atoms with E-state index in [0.29, 0.717) is 13.2 Å². The molecule has 0 aromatic heterocycles. The van der Waals surface area contributed by atoms with Gasteiger partial charge in [-0.05, 0) is 19.8 Å². The van der Waals surface area contributed by atoms with Gasteiger partial charge < -0.3 is 14.7 Å². The van der Waals surface area contributed by atoms with E-state index < -0.39 is 0 Å². The third-order valence-corrected chi connectivity index (χ3v) is 2.76. The van der Waals surface area contributed by atoms with Crippen molar-refractivity contribution in [2.75, 3.05) is 19.8 Å². The maximum Gasteiger partial charge on any atom is 0.306 e. The van der Waals surface area contributed by atoms with Gasteiger partial charge in [0.2, 0.25) is 5.91 Å². The van der Waals surface area contributed by atoms with E-state index in [1.807, 2.05) is 0 Å². The van der Waals surface area contributed by atoms with Crippen LogP contribution in [0.25, 0.3) is 0 Å². The van der Waals surface area contributed by atoms with E-state index in [-0.39, 0.29) is 37.4 Å². The number of carbonyl (C=O) groups is 2. The summed E-state index contributed by atoms with van der Waals surface area (Å²) in [5, 5.41) is 9.06. The molecule has 1 saturated heterocycles. The Hall–Kier alpha value is -1.10. The van der Waals surface area contributed by atoms with Crippen LogP contribution in [0.3, 0.4) is 0 Å². The second-order valence-electron chi connectivity index (χ2n) is 3.87. The number of ether oxygens (including phenoxy) is 1. The summed E-state index contributed by atoms with van der Waals surface area (Å²) in [5.41, 5.74) is 0. The fraction of sp³-hybridized carbons (Fsp3) is 0.818. The number of hydrogen-bond acceptors (Lipinski definition) is 4. The first kappa shape index (κ1) is 13.0. The van der Waals surface area contributed by atoms with Gasteiger partial charge >= 0.3 is 5.97 Å². The number of rotatable bonds is 5. The summed E-state index contributed by atoms with van der Waals surface area (Å²) >= 11 is 0. The van der Waals surface area contributed by atoms with Crippen molar-refractivity contribution in [2.45, 2.75) is 38.6 Å². The third-order valence-electron chi connectivity index (χ3n) is 2.76. The summed E-state index contributed by atoms with van der Waals surface area (Å²) in [6.07, 6.45) is 2.08. The van der Waals surface area contributed by atoms with Gasteiger partial charge in [-0.2, -0.15) is 0 Å². The Morgan fingerprint density at radius 2 is 2.19 bits per heavy atom. The van der Waals surface area contributed by atoms with Crippen LogP contribution in [0.4, 0.5) is 0 Å². The molecular formula is C11H19NO4. The van der Waals surface area contributed by atoms with Crippen molar-refractivity contribution in [3.8, 4) is 0 Å². The van der Waals surface area contributed by atoms with Crippen molar-refractivity contribution in [1.82, 2.24) is 4.90 Å². The molecule has 1 rings (SSSR count). The van der Waals surface area contributed by atoms with Gasteiger partial charge in [0.15, 0.2) is 0 Å². The van der Waals surface area contributed by atoms with E-state index in [2.05, 4.69) is 0 Å². The Labute approximate surface area is 95.4 Å². The van der Waals surface area contributed by atoms with Gasteiger partial charge in [-0.3, -0.25) is 9.59 Å². The molecule has 1 aliphatic rings. The lowest BCUT2D eigenvalue weighted by Crippen LogP contribution is -2.37. The molecule has 92 valence electrons. The van der Waals surface area contributed by atoms with Crippen molar-refractivity contribution < 1.29 is 19.4 Å². The molecule has 0 aliphatic carbocycles. The highest BCUT2D eigenvalue weighted by Gasteiger charge is 2.27. The van der Waals surface area contributed by atoms with Gasteiger partial charge in [0.1, 0.15) is 0 Å². The van der Waals surface area contributed by atoms with E-state index in [9.17, 15) is 9.59 Å². The number of aliphatic hydroxyl groups is 1. The zero-order valence-electron chi connectivity index (χ0n) is 9.65. The largest absolute Gasteiger partial charge is 0.466 e. The number of hydrogen-bond donors (Lipinski definition) is 1. The van der Waals surface area contributed by atoms with Crippen LogP contribution in [0.2, 0.25) is 0 Å². The zero-order chi connectivity index (χ0) is 12.0. The van der Waals surface area contributed by atoms with E-state index in [1.165, 1.54) is 0 Å². The smallest absolute Gasteiger partial charge is 0.306 e. The number of aliphatic hydroxyl groups excluding tert-OH is 1. The first-order valence-electron chi connectivity index (χ1n) is 5.75. The molecule has 0 bridgehead atoms.